The van der Waals surface area contributed by atoms with E-state index in [0.717, 1.165) is 32.7 Å². The van der Waals surface area contributed by atoms with Crippen LogP contribution in [0.1, 0.15) is 6.42 Å². The van der Waals surface area contributed by atoms with Crippen molar-refractivity contribution in [3.63, 3.8) is 0 Å². The summed E-state index contributed by atoms with van der Waals surface area (Å²) in [6, 6.07) is 6.28. The molecule has 0 amide bonds. The van der Waals surface area contributed by atoms with Gasteiger partial charge in [-0.25, -0.2) is 0 Å². The van der Waals surface area contributed by atoms with Crippen LogP contribution in [0.4, 0.5) is 5.69 Å². The molecule has 2 aliphatic rings. The van der Waals surface area contributed by atoms with E-state index in [9.17, 15) is 10.1 Å². The lowest BCUT2D eigenvalue weighted by atomic mass is 9.96. The van der Waals surface area contributed by atoms with Gasteiger partial charge in [-0.2, -0.15) is 0 Å². The molecule has 1 spiro atoms. The summed E-state index contributed by atoms with van der Waals surface area (Å²) in [5, 5.41) is 10.8. The van der Waals surface area contributed by atoms with Crippen LogP contribution in [0.3, 0.4) is 0 Å². The molecule has 2 fully saturated rings. The number of nitro groups is 1. The van der Waals surface area contributed by atoms with Gasteiger partial charge in [-0.15, -0.1) is 0 Å². The Bertz CT molecular complexity index is 530. The first-order valence-electron chi connectivity index (χ1n) is 7.47. The quantitative estimate of drug-likeness (QED) is 0.606. The van der Waals surface area contributed by atoms with Crippen LogP contribution in [0.25, 0.3) is 0 Å². The molecule has 1 unspecified atom stereocenters. The molecule has 3 rings (SSSR count). The van der Waals surface area contributed by atoms with Gasteiger partial charge in [-0.3, -0.25) is 15.0 Å². The number of rotatable bonds is 5. The third kappa shape index (κ3) is 3.21. The maximum Gasteiger partial charge on any atom is 0.273 e. The Hall–Kier alpha value is -1.70. The highest BCUT2D eigenvalue weighted by Gasteiger charge is 2.42. The number of morpholine rings is 1. The van der Waals surface area contributed by atoms with E-state index >= 15 is 0 Å². The summed E-state index contributed by atoms with van der Waals surface area (Å²) < 4.78 is 16.8. The molecular weight excluding hydrogens is 288 g/mol. The number of nitrogens with zero attached hydrogens (tertiary/aromatic N) is 2. The maximum atomic E-state index is 10.8. The van der Waals surface area contributed by atoms with E-state index in [1.54, 1.807) is 12.1 Å². The Balaban J connectivity index is 1.56. The second-order valence-electron chi connectivity index (χ2n) is 5.67. The van der Waals surface area contributed by atoms with Crippen molar-refractivity contribution < 1.29 is 19.1 Å². The first-order chi connectivity index (χ1) is 10.7. The fraction of sp³-hybridized carbons (Fsp3) is 0.600. The van der Waals surface area contributed by atoms with Gasteiger partial charge in [0.15, 0.2) is 0 Å². The van der Waals surface area contributed by atoms with Crippen LogP contribution in [0.15, 0.2) is 24.3 Å². The van der Waals surface area contributed by atoms with E-state index in [0.29, 0.717) is 25.6 Å². The highest BCUT2D eigenvalue weighted by Crippen LogP contribution is 2.29. The van der Waals surface area contributed by atoms with Crippen LogP contribution >= 0.6 is 0 Å². The molecule has 0 bridgehead atoms. The number of benzene rings is 1. The lowest BCUT2D eigenvalue weighted by Crippen LogP contribution is -2.58. The third-order valence-corrected chi connectivity index (χ3v) is 4.29. The molecule has 2 heterocycles. The van der Waals surface area contributed by atoms with Gasteiger partial charge in [0, 0.05) is 25.8 Å². The van der Waals surface area contributed by atoms with Crippen molar-refractivity contribution in [2.24, 2.45) is 0 Å². The lowest BCUT2D eigenvalue weighted by molar-refractivity contribution is -0.384. The third-order valence-electron chi connectivity index (χ3n) is 4.29. The molecule has 0 aliphatic carbocycles. The predicted octanol–water partition coefficient (Wildman–Crippen LogP) is 1.46. The average Bonchev–Trinajstić information content (AvgIpc) is 2.99. The van der Waals surface area contributed by atoms with Crippen LogP contribution in [-0.4, -0.2) is 61.5 Å². The Labute approximate surface area is 128 Å². The first-order valence-corrected chi connectivity index (χ1v) is 7.47. The Morgan fingerprint density at radius 3 is 2.91 bits per heavy atom. The average molecular weight is 308 g/mol. The van der Waals surface area contributed by atoms with Crippen LogP contribution in [0.5, 0.6) is 5.75 Å². The van der Waals surface area contributed by atoms with Crippen molar-refractivity contribution >= 4 is 5.69 Å². The van der Waals surface area contributed by atoms with E-state index < -0.39 is 4.92 Å². The minimum absolute atomic E-state index is 0.0235. The lowest BCUT2D eigenvalue weighted by Gasteiger charge is -2.43. The second kappa shape index (κ2) is 6.60. The fourth-order valence-corrected chi connectivity index (χ4v) is 3.03. The van der Waals surface area contributed by atoms with Gasteiger partial charge in [-0.1, -0.05) is 6.07 Å². The summed E-state index contributed by atoms with van der Waals surface area (Å²) in [6.45, 7) is 5.00. The van der Waals surface area contributed by atoms with Gasteiger partial charge in [0.2, 0.25) is 0 Å². The van der Waals surface area contributed by atoms with Crippen molar-refractivity contribution in [3.8, 4) is 5.75 Å². The standard InChI is InChI=1S/C15H20N2O5/c18-17(19)13-2-1-3-14(10-13)22-9-6-16-5-8-21-12-15(16)4-7-20-11-15/h1-3,10H,4-9,11-12H2. The number of non-ortho nitro benzene ring substituents is 1. The first kappa shape index (κ1) is 15.2. The number of ether oxygens (including phenoxy) is 3. The zero-order valence-corrected chi connectivity index (χ0v) is 12.4. The minimum atomic E-state index is -0.417. The smallest absolute Gasteiger partial charge is 0.273 e. The molecule has 1 aromatic carbocycles. The highest BCUT2D eigenvalue weighted by atomic mass is 16.6. The molecule has 22 heavy (non-hydrogen) atoms. The summed E-state index contributed by atoms with van der Waals surface area (Å²) in [6.07, 6.45) is 0.976. The molecule has 0 N–H and O–H groups in total. The van der Waals surface area contributed by atoms with Gasteiger partial charge >= 0.3 is 0 Å². The molecular formula is C15H20N2O5. The largest absolute Gasteiger partial charge is 0.492 e. The van der Waals surface area contributed by atoms with Gasteiger partial charge < -0.3 is 14.2 Å². The Morgan fingerprint density at radius 1 is 1.32 bits per heavy atom. The topological polar surface area (TPSA) is 74.1 Å². The summed E-state index contributed by atoms with van der Waals surface area (Å²) in [5.74, 6) is 0.527. The fourth-order valence-electron chi connectivity index (χ4n) is 3.03. The van der Waals surface area contributed by atoms with Crippen molar-refractivity contribution in [2.45, 2.75) is 12.0 Å². The molecule has 0 radical (unpaired) electrons. The molecule has 2 aliphatic heterocycles. The number of hydrogen-bond donors (Lipinski definition) is 0. The van der Waals surface area contributed by atoms with E-state index in [2.05, 4.69) is 4.90 Å². The van der Waals surface area contributed by atoms with Crippen LogP contribution in [-0.2, 0) is 9.47 Å². The molecule has 7 nitrogen and oxygen atoms in total. The second-order valence-corrected chi connectivity index (χ2v) is 5.67. The van der Waals surface area contributed by atoms with Gasteiger partial charge in [0.25, 0.3) is 5.69 Å². The van der Waals surface area contributed by atoms with E-state index in [-0.39, 0.29) is 11.2 Å². The molecule has 0 aromatic heterocycles. The van der Waals surface area contributed by atoms with Crippen LogP contribution < -0.4 is 4.74 Å². The number of hydrogen-bond acceptors (Lipinski definition) is 6. The summed E-state index contributed by atoms with van der Waals surface area (Å²) in [5.41, 5.74) is 0.0223. The Kier molecular flexibility index (Phi) is 4.56. The maximum absolute atomic E-state index is 10.8. The highest BCUT2D eigenvalue weighted by molar-refractivity contribution is 5.37. The van der Waals surface area contributed by atoms with E-state index in [1.165, 1.54) is 12.1 Å². The molecule has 120 valence electrons. The zero-order valence-electron chi connectivity index (χ0n) is 12.4. The summed E-state index contributed by atoms with van der Waals surface area (Å²) in [7, 11) is 0. The zero-order chi connectivity index (χ0) is 15.4. The van der Waals surface area contributed by atoms with Crippen LogP contribution in [0, 0.1) is 10.1 Å². The van der Waals surface area contributed by atoms with Crippen molar-refractivity contribution in [1.82, 2.24) is 4.90 Å². The van der Waals surface area contributed by atoms with Crippen LogP contribution in [0.2, 0.25) is 0 Å². The van der Waals surface area contributed by atoms with Crippen molar-refractivity contribution in [2.75, 3.05) is 46.1 Å². The van der Waals surface area contributed by atoms with E-state index in [4.69, 9.17) is 14.2 Å². The van der Waals surface area contributed by atoms with Crippen molar-refractivity contribution in [3.05, 3.63) is 34.4 Å². The molecule has 2 saturated heterocycles. The molecule has 7 heteroatoms. The monoisotopic (exact) mass is 308 g/mol. The minimum Gasteiger partial charge on any atom is -0.492 e. The Morgan fingerprint density at radius 2 is 2.14 bits per heavy atom. The van der Waals surface area contributed by atoms with Crippen molar-refractivity contribution in [1.29, 1.82) is 0 Å². The van der Waals surface area contributed by atoms with Gasteiger partial charge in [0.1, 0.15) is 12.4 Å². The number of nitro benzene ring substituents is 1. The molecule has 1 atom stereocenters. The summed E-state index contributed by atoms with van der Waals surface area (Å²) in [4.78, 5) is 12.7. The molecule has 1 aromatic rings. The van der Waals surface area contributed by atoms with E-state index in [1.807, 2.05) is 0 Å². The van der Waals surface area contributed by atoms with Gasteiger partial charge in [-0.05, 0) is 12.5 Å². The molecule has 0 saturated carbocycles. The SMILES string of the molecule is O=[N+]([O-])c1cccc(OCCN2CCOCC23CCOC3)c1. The normalized spacial score (nSPS) is 25.5. The summed E-state index contributed by atoms with van der Waals surface area (Å²) >= 11 is 0. The van der Waals surface area contributed by atoms with Gasteiger partial charge in [0.05, 0.1) is 36.3 Å². The predicted molar refractivity (Wildman–Crippen MR) is 79.2 cm³/mol.